The first-order valence-electron chi connectivity index (χ1n) is 5.76. The lowest BCUT2D eigenvalue weighted by atomic mass is 10.2. The predicted octanol–water partition coefficient (Wildman–Crippen LogP) is 1.49. The van der Waals surface area contributed by atoms with Gasteiger partial charge in [0.1, 0.15) is 6.61 Å². The quantitative estimate of drug-likeness (QED) is 0.860. The van der Waals surface area contributed by atoms with E-state index in [-0.39, 0.29) is 12.7 Å². The van der Waals surface area contributed by atoms with E-state index in [1.54, 1.807) is 12.4 Å². The van der Waals surface area contributed by atoms with Gasteiger partial charge >= 0.3 is 6.09 Å². The van der Waals surface area contributed by atoms with E-state index in [9.17, 15) is 4.79 Å². The smallest absolute Gasteiger partial charge is 0.407 e. The molecule has 1 fully saturated rings. The number of carbonyl (C=O) groups is 1. The van der Waals surface area contributed by atoms with Crippen LogP contribution in [0.15, 0.2) is 24.5 Å². The third-order valence-corrected chi connectivity index (χ3v) is 2.62. The maximum Gasteiger partial charge on any atom is 0.407 e. The number of hydrogen-bond acceptors (Lipinski definition) is 4. The van der Waals surface area contributed by atoms with Gasteiger partial charge in [0.2, 0.25) is 0 Å². The molecule has 0 aromatic carbocycles. The number of nitrogens with one attached hydrogen (secondary N) is 1. The van der Waals surface area contributed by atoms with Crippen molar-refractivity contribution in [1.29, 1.82) is 0 Å². The van der Waals surface area contributed by atoms with Gasteiger partial charge < -0.3 is 14.8 Å². The van der Waals surface area contributed by atoms with Crippen molar-refractivity contribution in [2.24, 2.45) is 0 Å². The number of amides is 1. The maximum absolute atomic E-state index is 11.4. The van der Waals surface area contributed by atoms with Crippen LogP contribution >= 0.6 is 0 Å². The largest absolute Gasteiger partial charge is 0.445 e. The molecule has 1 N–H and O–H groups in total. The van der Waals surface area contributed by atoms with Crippen molar-refractivity contribution in [2.45, 2.75) is 25.6 Å². The molecule has 1 amide bonds. The number of hydrogen-bond donors (Lipinski definition) is 1. The van der Waals surface area contributed by atoms with Crippen LogP contribution in [-0.2, 0) is 16.1 Å². The van der Waals surface area contributed by atoms with Crippen molar-refractivity contribution in [3.8, 4) is 0 Å². The Hall–Kier alpha value is -1.62. The summed E-state index contributed by atoms with van der Waals surface area (Å²) in [5.41, 5.74) is 0.923. The van der Waals surface area contributed by atoms with E-state index in [1.165, 1.54) is 0 Å². The molecule has 1 aromatic rings. The molecule has 92 valence electrons. The highest BCUT2D eigenvalue weighted by molar-refractivity contribution is 5.67. The molecule has 0 unspecified atom stereocenters. The molecular formula is C12H16N2O3. The Kier molecular flexibility index (Phi) is 4.32. The van der Waals surface area contributed by atoms with Crippen LogP contribution in [0.4, 0.5) is 4.79 Å². The van der Waals surface area contributed by atoms with E-state index >= 15 is 0 Å². The molecule has 0 aliphatic carbocycles. The summed E-state index contributed by atoms with van der Waals surface area (Å²) in [5.74, 6) is 0. The van der Waals surface area contributed by atoms with Crippen LogP contribution < -0.4 is 5.32 Å². The summed E-state index contributed by atoms with van der Waals surface area (Å²) >= 11 is 0. The Morgan fingerprint density at radius 3 is 3.06 bits per heavy atom. The molecule has 1 saturated heterocycles. The lowest BCUT2D eigenvalue weighted by Crippen LogP contribution is -2.32. The lowest BCUT2D eigenvalue weighted by Gasteiger charge is -2.11. The summed E-state index contributed by atoms with van der Waals surface area (Å²) in [7, 11) is 0. The maximum atomic E-state index is 11.4. The topological polar surface area (TPSA) is 60.5 Å². The number of rotatable bonds is 4. The first kappa shape index (κ1) is 11.9. The highest BCUT2D eigenvalue weighted by Crippen LogP contribution is 2.10. The zero-order valence-electron chi connectivity index (χ0n) is 9.59. The van der Waals surface area contributed by atoms with Crippen LogP contribution in [0.3, 0.4) is 0 Å². The molecule has 0 bridgehead atoms. The van der Waals surface area contributed by atoms with Gasteiger partial charge in [0, 0.05) is 25.5 Å². The zero-order valence-corrected chi connectivity index (χ0v) is 9.59. The SMILES string of the molecule is O=C(NC[C@@H]1CCCO1)OCc1ccncc1. The second kappa shape index (κ2) is 6.20. The Morgan fingerprint density at radius 1 is 1.53 bits per heavy atom. The minimum absolute atomic E-state index is 0.142. The van der Waals surface area contributed by atoms with Crippen molar-refractivity contribution in [3.05, 3.63) is 30.1 Å². The number of ether oxygens (including phenoxy) is 2. The number of pyridine rings is 1. The van der Waals surface area contributed by atoms with Crippen molar-refractivity contribution < 1.29 is 14.3 Å². The number of alkyl carbamates (subject to hydrolysis) is 1. The molecule has 1 aliphatic rings. The van der Waals surface area contributed by atoms with Gasteiger partial charge in [0.05, 0.1) is 6.10 Å². The lowest BCUT2D eigenvalue weighted by molar-refractivity contribution is 0.0997. The molecule has 17 heavy (non-hydrogen) atoms. The van der Waals surface area contributed by atoms with E-state index in [0.717, 1.165) is 25.0 Å². The second-order valence-electron chi connectivity index (χ2n) is 3.95. The second-order valence-corrected chi connectivity index (χ2v) is 3.95. The third-order valence-electron chi connectivity index (χ3n) is 2.62. The van der Waals surface area contributed by atoms with Crippen LogP contribution in [0.5, 0.6) is 0 Å². The average Bonchev–Trinajstić information content (AvgIpc) is 2.88. The Labute approximate surface area is 100 Å². The summed E-state index contributed by atoms with van der Waals surface area (Å²) in [5, 5.41) is 2.69. The zero-order chi connectivity index (χ0) is 11.9. The van der Waals surface area contributed by atoms with Crippen LogP contribution in [0.25, 0.3) is 0 Å². The fourth-order valence-electron chi connectivity index (χ4n) is 1.68. The summed E-state index contributed by atoms with van der Waals surface area (Å²) in [6.45, 7) is 1.58. The van der Waals surface area contributed by atoms with Gasteiger partial charge in [-0.1, -0.05) is 0 Å². The number of nitrogens with zero attached hydrogens (tertiary/aromatic N) is 1. The monoisotopic (exact) mass is 236 g/mol. The van der Waals surface area contributed by atoms with E-state index in [2.05, 4.69) is 10.3 Å². The molecule has 1 aliphatic heterocycles. The highest BCUT2D eigenvalue weighted by Gasteiger charge is 2.16. The molecule has 1 atom stereocenters. The molecule has 2 heterocycles. The minimum Gasteiger partial charge on any atom is -0.445 e. The Balaban J connectivity index is 1.64. The first-order valence-corrected chi connectivity index (χ1v) is 5.76. The van der Waals surface area contributed by atoms with E-state index in [4.69, 9.17) is 9.47 Å². The predicted molar refractivity (Wildman–Crippen MR) is 61.4 cm³/mol. The van der Waals surface area contributed by atoms with Crippen molar-refractivity contribution in [1.82, 2.24) is 10.3 Å². The summed E-state index contributed by atoms with van der Waals surface area (Å²) in [4.78, 5) is 15.3. The number of carbonyl (C=O) groups excluding carboxylic acids is 1. The molecule has 0 saturated carbocycles. The van der Waals surface area contributed by atoms with Crippen LogP contribution in [0.2, 0.25) is 0 Å². The summed E-state index contributed by atoms with van der Waals surface area (Å²) in [6.07, 6.45) is 5.15. The van der Waals surface area contributed by atoms with Gasteiger partial charge in [-0.25, -0.2) is 4.79 Å². The van der Waals surface area contributed by atoms with Crippen molar-refractivity contribution in [2.75, 3.05) is 13.2 Å². The molecule has 2 rings (SSSR count). The standard InChI is InChI=1S/C12H16N2O3/c15-12(14-8-11-2-1-7-16-11)17-9-10-3-5-13-6-4-10/h3-6,11H,1-2,7-9H2,(H,14,15)/t11-/m0/s1. The van der Waals surface area contributed by atoms with Crippen LogP contribution in [0.1, 0.15) is 18.4 Å². The normalized spacial score (nSPS) is 18.9. The first-order chi connectivity index (χ1) is 8.34. The minimum atomic E-state index is -0.405. The summed E-state index contributed by atoms with van der Waals surface area (Å²) in [6, 6.07) is 3.63. The molecular weight excluding hydrogens is 220 g/mol. The van der Waals surface area contributed by atoms with Gasteiger partial charge in [-0.15, -0.1) is 0 Å². The molecule has 5 heteroatoms. The van der Waals surface area contributed by atoms with Crippen LogP contribution in [0, 0.1) is 0 Å². The van der Waals surface area contributed by atoms with Crippen LogP contribution in [-0.4, -0.2) is 30.3 Å². The summed E-state index contributed by atoms with van der Waals surface area (Å²) < 4.78 is 10.4. The highest BCUT2D eigenvalue weighted by atomic mass is 16.5. The fraction of sp³-hybridized carbons (Fsp3) is 0.500. The van der Waals surface area contributed by atoms with Crippen molar-refractivity contribution in [3.63, 3.8) is 0 Å². The molecule has 0 spiro atoms. The molecule has 0 radical (unpaired) electrons. The average molecular weight is 236 g/mol. The Bertz CT molecular complexity index is 350. The van der Waals surface area contributed by atoms with Crippen molar-refractivity contribution >= 4 is 6.09 Å². The van der Waals surface area contributed by atoms with Gasteiger partial charge in [0.15, 0.2) is 0 Å². The molecule has 5 nitrogen and oxygen atoms in total. The van der Waals surface area contributed by atoms with Gasteiger partial charge in [-0.05, 0) is 30.5 Å². The van der Waals surface area contributed by atoms with Gasteiger partial charge in [-0.3, -0.25) is 4.98 Å². The number of aromatic nitrogens is 1. The van der Waals surface area contributed by atoms with E-state index in [0.29, 0.717) is 6.54 Å². The van der Waals surface area contributed by atoms with Gasteiger partial charge in [0.25, 0.3) is 0 Å². The third kappa shape index (κ3) is 4.03. The Morgan fingerprint density at radius 2 is 2.35 bits per heavy atom. The fourth-order valence-corrected chi connectivity index (χ4v) is 1.68. The van der Waals surface area contributed by atoms with E-state index in [1.807, 2.05) is 12.1 Å². The molecule has 1 aromatic heterocycles. The van der Waals surface area contributed by atoms with E-state index < -0.39 is 6.09 Å². The van der Waals surface area contributed by atoms with Gasteiger partial charge in [-0.2, -0.15) is 0 Å².